The molecule has 0 aromatic rings. The minimum atomic E-state index is -3.53. The van der Waals surface area contributed by atoms with Gasteiger partial charge in [-0.1, -0.05) is 20.8 Å². The van der Waals surface area contributed by atoms with Crippen LogP contribution in [0.3, 0.4) is 0 Å². The summed E-state index contributed by atoms with van der Waals surface area (Å²) in [7, 11) is -3.53. The van der Waals surface area contributed by atoms with Gasteiger partial charge in [-0.25, -0.2) is 13.1 Å². The van der Waals surface area contributed by atoms with E-state index in [1.165, 1.54) is 0 Å². The van der Waals surface area contributed by atoms with Gasteiger partial charge in [-0.2, -0.15) is 0 Å². The maximum atomic E-state index is 12.2. The number of amides is 1. The second-order valence-electron chi connectivity index (χ2n) is 8.34. The first-order valence-electron chi connectivity index (χ1n) is 8.95. The van der Waals surface area contributed by atoms with Crippen molar-refractivity contribution in [3.63, 3.8) is 0 Å². The largest absolute Gasteiger partial charge is 0.352 e. The van der Waals surface area contributed by atoms with Gasteiger partial charge in [-0.15, -0.1) is 0 Å². The molecule has 0 radical (unpaired) electrons. The molecule has 0 aromatic heterocycles. The molecule has 0 unspecified atom stereocenters. The molecule has 0 heterocycles. The first-order chi connectivity index (χ1) is 10.7. The van der Waals surface area contributed by atoms with Crippen molar-refractivity contribution in [2.45, 2.75) is 84.2 Å². The van der Waals surface area contributed by atoms with Gasteiger partial charge >= 0.3 is 0 Å². The van der Waals surface area contributed by atoms with E-state index in [0.29, 0.717) is 11.3 Å². The van der Waals surface area contributed by atoms with Gasteiger partial charge in [0.05, 0.1) is 0 Å². The Morgan fingerprint density at radius 1 is 1.00 bits per heavy atom. The van der Waals surface area contributed by atoms with E-state index in [1.807, 2.05) is 0 Å². The van der Waals surface area contributed by atoms with Gasteiger partial charge in [-0.3, -0.25) is 4.79 Å². The highest BCUT2D eigenvalue weighted by Gasteiger charge is 2.29. The van der Waals surface area contributed by atoms with Crippen molar-refractivity contribution in [3.8, 4) is 0 Å². The van der Waals surface area contributed by atoms with E-state index in [9.17, 15) is 13.2 Å². The molecular weight excluding hydrogens is 312 g/mol. The van der Waals surface area contributed by atoms with Gasteiger partial charge in [0.2, 0.25) is 15.9 Å². The molecule has 5 nitrogen and oxygen atoms in total. The van der Waals surface area contributed by atoms with Crippen LogP contribution in [-0.4, -0.2) is 32.2 Å². The maximum absolute atomic E-state index is 12.2. The zero-order valence-electron chi connectivity index (χ0n) is 14.7. The Kier molecular flexibility index (Phi) is 6.11. The number of hydrogen-bond donors (Lipinski definition) is 2. The van der Waals surface area contributed by atoms with Crippen LogP contribution in [-0.2, 0) is 14.8 Å². The predicted molar refractivity (Wildman–Crippen MR) is 92.5 cm³/mol. The van der Waals surface area contributed by atoms with Crippen molar-refractivity contribution >= 4 is 15.9 Å². The molecule has 0 bridgehead atoms. The van der Waals surface area contributed by atoms with E-state index in [0.717, 1.165) is 51.4 Å². The van der Waals surface area contributed by atoms with Gasteiger partial charge < -0.3 is 5.32 Å². The Bertz CT molecular complexity index is 498. The Balaban J connectivity index is 1.75. The number of nitrogens with one attached hydrogen (secondary N) is 2. The predicted octanol–water partition coefficient (Wildman–Crippen LogP) is 2.57. The van der Waals surface area contributed by atoms with Crippen molar-refractivity contribution in [1.29, 1.82) is 0 Å². The first kappa shape index (κ1) is 18.7. The molecule has 23 heavy (non-hydrogen) atoms. The zero-order valence-corrected chi connectivity index (χ0v) is 15.5. The van der Waals surface area contributed by atoms with Crippen LogP contribution in [0, 0.1) is 11.3 Å². The Morgan fingerprint density at radius 3 is 2.13 bits per heavy atom. The molecule has 0 atom stereocenters. The normalized spacial score (nSPS) is 29.2. The van der Waals surface area contributed by atoms with Crippen LogP contribution >= 0.6 is 0 Å². The molecule has 1 amide bonds. The van der Waals surface area contributed by atoms with E-state index in [1.54, 1.807) is 0 Å². The maximum Gasteiger partial charge on any atom is 0.236 e. The van der Waals surface area contributed by atoms with Crippen molar-refractivity contribution in [2.75, 3.05) is 5.75 Å². The summed E-state index contributed by atoms with van der Waals surface area (Å²) in [5.41, 5.74) is 0.340. The third-order valence-electron chi connectivity index (χ3n) is 5.39. The lowest BCUT2D eigenvalue weighted by Gasteiger charge is -2.34. The number of hydrogen-bond acceptors (Lipinski definition) is 3. The summed E-state index contributed by atoms with van der Waals surface area (Å²) in [4.78, 5) is 12.1. The minimum Gasteiger partial charge on any atom is -0.352 e. The van der Waals surface area contributed by atoms with Crippen LogP contribution in [0.5, 0.6) is 0 Å². The third-order valence-corrected chi connectivity index (χ3v) is 6.72. The van der Waals surface area contributed by atoms with Crippen molar-refractivity contribution < 1.29 is 13.2 Å². The number of rotatable bonds is 5. The van der Waals surface area contributed by atoms with Crippen LogP contribution in [0.1, 0.15) is 72.1 Å². The minimum absolute atomic E-state index is 0.000482. The van der Waals surface area contributed by atoms with Gasteiger partial charge in [0.1, 0.15) is 5.75 Å². The van der Waals surface area contributed by atoms with E-state index >= 15 is 0 Å². The average Bonchev–Trinajstić information content (AvgIpc) is 2.43. The number of sulfonamides is 1. The van der Waals surface area contributed by atoms with E-state index in [4.69, 9.17) is 0 Å². The van der Waals surface area contributed by atoms with Crippen LogP contribution < -0.4 is 10.0 Å². The zero-order chi connectivity index (χ0) is 17.1. The van der Waals surface area contributed by atoms with Gasteiger partial charge in [0.25, 0.3) is 0 Å². The van der Waals surface area contributed by atoms with E-state index < -0.39 is 15.8 Å². The molecule has 2 aliphatic carbocycles. The SMILES string of the molecule is CC1CCC(NS(=O)(=O)CC(=O)NC2CCC(C)(C)CC2)CC1. The lowest BCUT2D eigenvalue weighted by molar-refractivity contribution is -0.119. The molecule has 2 rings (SSSR count). The van der Waals surface area contributed by atoms with Crippen molar-refractivity contribution in [3.05, 3.63) is 0 Å². The molecule has 2 aliphatic rings. The molecule has 2 N–H and O–H groups in total. The number of carbonyl (C=O) groups excluding carboxylic acids is 1. The molecule has 2 fully saturated rings. The summed E-state index contributed by atoms with van der Waals surface area (Å²) in [6.07, 6.45) is 7.87. The fraction of sp³-hybridized carbons (Fsp3) is 0.941. The van der Waals surface area contributed by atoms with E-state index in [-0.39, 0.29) is 18.0 Å². The number of carbonyl (C=O) groups is 1. The summed E-state index contributed by atoms with van der Waals surface area (Å²) in [5.74, 6) is -0.139. The highest BCUT2D eigenvalue weighted by molar-refractivity contribution is 7.90. The molecule has 6 heteroatoms. The quantitative estimate of drug-likeness (QED) is 0.805. The lowest BCUT2D eigenvalue weighted by Crippen LogP contribution is -2.45. The molecule has 0 aromatic carbocycles. The fourth-order valence-electron chi connectivity index (χ4n) is 3.66. The average molecular weight is 345 g/mol. The standard InChI is InChI=1S/C17H32N2O3S/c1-13-4-6-15(7-5-13)19-23(21,22)12-16(20)18-14-8-10-17(2,3)11-9-14/h13-15,19H,4-12H2,1-3H3,(H,18,20). The monoisotopic (exact) mass is 344 g/mol. The van der Waals surface area contributed by atoms with Crippen molar-refractivity contribution in [1.82, 2.24) is 10.0 Å². The molecular formula is C17H32N2O3S. The summed E-state index contributed by atoms with van der Waals surface area (Å²) >= 11 is 0. The highest BCUT2D eigenvalue weighted by Crippen LogP contribution is 2.34. The summed E-state index contributed by atoms with van der Waals surface area (Å²) in [6.45, 7) is 6.68. The Hall–Kier alpha value is -0.620. The van der Waals surface area contributed by atoms with Gasteiger partial charge in [0.15, 0.2) is 0 Å². The smallest absolute Gasteiger partial charge is 0.236 e. The lowest BCUT2D eigenvalue weighted by atomic mass is 9.75. The Labute approximate surface area is 141 Å². The molecule has 0 spiro atoms. The van der Waals surface area contributed by atoms with Crippen LogP contribution in [0.15, 0.2) is 0 Å². The second kappa shape index (κ2) is 7.51. The van der Waals surface area contributed by atoms with Crippen LogP contribution in [0.4, 0.5) is 0 Å². The molecule has 0 aliphatic heterocycles. The third kappa shape index (κ3) is 6.42. The van der Waals surface area contributed by atoms with Crippen LogP contribution in [0.2, 0.25) is 0 Å². The second-order valence-corrected chi connectivity index (χ2v) is 10.1. The molecule has 2 saturated carbocycles. The molecule has 0 saturated heterocycles. The van der Waals surface area contributed by atoms with Gasteiger partial charge in [0, 0.05) is 12.1 Å². The fourth-order valence-corrected chi connectivity index (χ4v) is 4.91. The summed E-state index contributed by atoms with van der Waals surface area (Å²) in [6, 6.07) is 0.126. The van der Waals surface area contributed by atoms with Crippen LogP contribution in [0.25, 0.3) is 0 Å². The topological polar surface area (TPSA) is 75.3 Å². The highest BCUT2D eigenvalue weighted by atomic mass is 32.2. The first-order valence-corrected chi connectivity index (χ1v) is 10.6. The van der Waals surface area contributed by atoms with Gasteiger partial charge in [-0.05, 0) is 62.7 Å². The molecule has 134 valence electrons. The Morgan fingerprint density at radius 2 is 1.57 bits per heavy atom. The summed E-state index contributed by atoms with van der Waals surface area (Å²) < 4.78 is 27.0. The van der Waals surface area contributed by atoms with E-state index in [2.05, 4.69) is 30.8 Å². The summed E-state index contributed by atoms with van der Waals surface area (Å²) in [5, 5.41) is 2.90. The van der Waals surface area contributed by atoms with Crippen molar-refractivity contribution in [2.24, 2.45) is 11.3 Å².